The topological polar surface area (TPSA) is 94.1 Å². The third kappa shape index (κ3) is 8.70. The lowest BCUT2D eigenvalue weighted by Gasteiger charge is -2.35. The van der Waals surface area contributed by atoms with Gasteiger partial charge in [-0.3, -0.25) is 0 Å². The van der Waals surface area contributed by atoms with E-state index < -0.39 is 17.5 Å². The van der Waals surface area contributed by atoms with Crippen molar-refractivity contribution in [2.75, 3.05) is 39.6 Å². The Morgan fingerprint density at radius 2 is 1.00 bits per heavy atom. The molecule has 0 unspecified atom stereocenters. The largest absolute Gasteiger partial charge is 0.400 e. The third-order valence-corrected chi connectivity index (χ3v) is 18.7. The molecule has 1 aromatic heterocycles. The van der Waals surface area contributed by atoms with Crippen LogP contribution < -0.4 is 0 Å². The molecule has 3 aliphatic heterocycles. The second-order valence-corrected chi connectivity index (χ2v) is 29.5. The van der Waals surface area contributed by atoms with Crippen LogP contribution in [0.2, 0.25) is 0 Å². The molecule has 18 heteroatoms. The van der Waals surface area contributed by atoms with Crippen molar-refractivity contribution in [2.45, 2.75) is 57.0 Å². The van der Waals surface area contributed by atoms with Gasteiger partial charge < -0.3 is 18.1 Å². The molecule has 0 spiro atoms. The van der Waals surface area contributed by atoms with Crippen LogP contribution >= 0.6 is 63.9 Å². The van der Waals surface area contributed by atoms with E-state index in [1.807, 2.05) is 0 Å². The van der Waals surface area contributed by atoms with Crippen LogP contribution in [0.5, 0.6) is 0 Å². The Labute approximate surface area is 241 Å². The molecule has 0 bridgehead atoms. The molecule has 3 fully saturated rings. The zero-order valence-electron chi connectivity index (χ0n) is 20.9. The summed E-state index contributed by atoms with van der Waals surface area (Å²) in [7, 11) is 0. The summed E-state index contributed by atoms with van der Waals surface area (Å²) in [6.07, 6.45) is -2.58. The Morgan fingerprint density at radius 3 is 1.39 bits per heavy atom. The summed E-state index contributed by atoms with van der Waals surface area (Å²) < 4.78 is 36.0. The first kappa shape index (κ1) is 30.8. The average molecular weight is 671 g/mol. The summed E-state index contributed by atoms with van der Waals surface area (Å²) in [6.45, 7) is 15.5. The van der Waals surface area contributed by atoms with Crippen molar-refractivity contribution in [3.8, 4) is 0 Å². The van der Waals surface area contributed by atoms with Crippen molar-refractivity contribution in [1.29, 1.82) is 0 Å². The number of thiol groups is 1. The minimum absolute atomic E-state index is 0.0842. The van der Waals surface area contributed by atoms with E-state index in [0.717, 1.165) is 0 Å². The van der Waals surface area contributed by atoms with Gasteiger partial charge in [-0.2, -0.15) is 24.0 Å². The van der Waals surface area contributed by atoms with E-state index in [-0.39, 0.29) is 16.2 Å². The molecule has 0 saturated carbocycles. The van der Waals surface area contributed by atoms with E-state index in [1.54, 1.807) is 0 Å². The molecular weight excluding hydrogens is 640 g/mol. The number of aromatic nitrogens is 3. The minimum atomic E-state index is -2.68. The smallest absolute Gasteiger partial charge is 0.321 e. The zero-order chi connectivity index (χ0) is 26.5. The van der Waals surface area contributed by atoms with Crippen LogP contribution in [0.1, 0.15) is 41.5 Å². The number of hydrogen-bond acceptors (Lipinski definition) is 15. The van der Waals surface area contributed by atoms with Crippen molar-refractivity contribution in [1.82, 2.24) is 15.0 Å². The molecule has 0 aliphatic carbocycles. The monoisotopic (exact) mass is 670 g/mol. The van der Waals surface area contributed by atoms with E-state index in [1.165, 1.54) is 34.1 Å². The van der Waals surface area contributed by atoms with Crippen molar-refractivity contribution in [3.05, 3.63) is 0 Å². The van der Waals surface area contributed by atoms with Crippen molar-refractivity contribution in [3.63, 3.8) is 0 Å². The number of nitrogens with zero attached hydrogens (tertiary/aromatic N) is 3. The van der Waals surface area contributed by atoms with Crippen LogP contribution in [-0.4, -0.2) is 54.6 Å². The second-order valence-electron chi connectivity index (χ2n) is 11.0. The van der Waals surface area contributed by atoms with Crippen molar-refractivity contribution < 1.29 is 27.1 Å². The standard InChI is InChI=1S/C18H31N3O6P3S6/c1-16(2)7-22-28(31,23-8-16)34-13-19-14(35-29(32)24-9-17(3,4)10-25-29)21-15(20-13)36-30(33)26-11-18(5,6)12-27-30/h31H,7-12H2,1-6H3/q+1. The maximum Gasteiger partial charge on any atom is 0.400 e. The zero-order valence-corrected chi connectivity index (χ0v) is 28.5. The van der Waals surface area contributed by atoms with Gasteiger partial charge in [0.05, 0.1) is 38.7 Å². The molecule has 3 saturated heterocycles. The fourth-order valence-corrected chi connectivity index (χ4v) is 15.1. The summed E-state index contributed by atoms with van der Waals surface area (Å²) in [5, 5.41) is 1.17. The van der Waals surface area contributed by atoms with E-state index in [9.17, 15) is 0 Å². The molecule has 36 heavy (non-hydrogen) atoms. The third-order valence-electron chi connectivity index (χ3n) is 4.85. The SMILES string of the molecule is CC1(C)COP(=S)(Sc2nc(SP3(=S)OCC(C)(C)CO3)nc(S[P+]3(S)OCC(C)(C)CO3)n2)OC1. The van der Waals surface area contributed by atoms with E-state index >= 15 is 0 Å². The lowest BCUT2D eigenvalue weighted by atomic mass is 9.97. The first-order chi connectivity index (χ1) is 16.5. The quantitative estimate of drug-likeness (QED) is 0.240. The molecule has 4 rings (SSSR count). The van der Waals surface area contributed by atoms with Gasteiger partial charge in [0.15, 0.2) is 11.4 Å². The van der Waals surface area contributed by atoms with Crippen molar-refractivity contribution >= 4 is 87.5 Å². The van der Waals surface area contributed by atoms with Gasteiger partial charge >= 0.3 is 6.12 Å². The maximum atomic E-state index is 6.03. The molecule has 0 aromatic carbocycles. The molecule has 1 aromatic rings. The van der Waals surface area contributed by atoms with Crippen molar-refractivity contribution in [2.24, 2.45) is 16.2 Å². The molecule has 204 valence electrons. The van der Waals surface area contributed by atoms with Crippen LogP contribution in [0.15, 0.2) is 15.5 Å². The summed E-state index contributed by atoms with van der Waals surface area (Å²) in [5.74, 6) is 0. The molecule has 0 radical (unpaired) electrons. The van der Waals surface area contributed by atoms with Crippen LogP contribution in [0.25, 0.3) is 0 Å². The van der Waals surface area contributed by atoms with Gasteiger partial charge in [-0.1, -0.05) is 41.5 Å². The highest BCUT2D eigenvalue weighted by Crippen LogP contribution is 2.79. The van der Waals surface area contributed by atoms with E-state index in [0.29, 0.717) is 55.1 Å². The molecule has 0 N–H and O–H groups in total. The fraction of sp³-hybridized carbons (Fsp3) is 0.833. The normalized spacial score (nSPS) is 27.9. The molecule has 4 heterocycles. The van der Waals surface area contributed by atoms with Crippen LogP contribution in [0, 0.1) is 16.2 Å². The highest BCUT2D eigenvalue weighted by molar-refractivity contribution is 8.87. The highest BCUT2D eigenvalue weighted by Gasteiger charge is 2.50. The highest BCUT2D eigenvalue weighted by atomic mass is 33.1. The van der Waals surface area contributed by atoms with E-state index in [4.69, 9.17) is 63.0 Å². The van der Waals surface area contributed by atoms with Gasteiger partial charge in [-0.05, 0) is 23.6 Å². The molecule has 9 nitrogen and oxygen atoms in total. The van der Waals surface area contributed by atoms with Gasteiger partial charge in [0.25, 0.3) is 11.4 Å². The molecule has 0 atom stereocenters. The first-order valence-electron chi connectivity index (χ1n) is 11.0. The Kier molecular flexibility index (Phi) is 9.68. The number of rotatable bonds is 6. The lowest BCUT2D eigenvalue weighted by Crippen LogP contribution is -2.29. The average Bonchev–Trinajstić information content (AvgIpc) is 2.76. The predicted octanol–water partition coefficient (Wildman–Crippen LogP) is 7.42. The van der Waals surface area contributed by atoms with Gasteiger partial charge in [0.2, 0.25) is 15.5 Å². The summed E-state index contributed by atoms with van der Waals surface area (Å²) in [4.78, 5) is 13.9. The Hall–Kier alpha value is 1.90. The van der Waals surface area contributed by atoms with Gasteiger partial charge in [-0.25, -0.2) is 0 Å². The van der Waals surface area contributed by atoms with Gasteiger partial charge in [-0.15, -0.1) is 0 Å². The Bertz CT molecular complexity index is 996. The summed E-state index contributed by atoms with van der Waals surface area (Å²) in [5.41, 5.74) is -5.64. The van der Waals surface area contributed by atoms with Crippen LogP contribution in [0.4, 0.5) is 0 Å². The second kappa shape index (κ2) is 11.3. The molecular formula is C18H31N3O6P3S6+. The van der Waals surface area contributed by atoms with Crippen LogP contribution in [-0.2, 0) is 50.8 Å². The minimum Gasteiger partial charge on any atom is -0.321 e. The Balaban J connectivity index is 1.57. The molecule has 0 amide bonds. The lowest BCUT2D eigenvalue weighted by molar-refractivity contribution is 0.0658. The first-order valence-corrected chi connectivity index (χ1v) is 23.3. The Morgan fingerprint density at radius 1 is 0.667 bits per heavy atom. The number of hydrogen-bond donors (Lipinski definition) is 1. The van der Waals surface area contributed by atoms with Crippen LogP contribution in [0.3, 0.4) is 0 Å². The maximum absolute atomic E-state index is 6.03. The van der Waals surface area contributed by atoms with E-state index in [2.05, 4.69) is 56.5 Å². The predicted molar refractivity (Wildman–Crippen MR) is 159 cm³/mol. The van der Waals surface area contributed by atoms with Gasteiger partial charge in [0, 0.05) is 39.0 Å². The fourth-order valence-electron chi connectivity index (χ4n) is 2.67. The van der Waals surface area contributed by atoms with Gasteiger partial charge in [0.1, 0.15) is 13.2 Å². The molecule has 3 aliphatic rings. The summed E-state index contributed by atoms with van der Waals surface area (Å²) >= 11 is 19.9. The summed E-state index contributed by atoms with van der Waals surface area (Å²) in [6, 6.07) is 0.